The molecule has 1 amide bonds. The number of nitrogens with one attached hydrogen (secondary N) is 1. The molecule has 1 rings (SSSR count). The summed E-state index contributed by atoms with van der Waals surface area (Å²) in [6.07, 6.45) is 6.67. The largest absolute Gasteiger partial charge is 0.464 e. The maximum atomic E-state index is 13.8. The maximum absolute atomic E-state index is 13.8. The number of hydrogen-bond donors (Lipinski definition) is 1. The Morgan fingerprint density at radius 2 is 1.48 bits per heavy atom. The number of amides is 1. The summed E-state index contributed by atoms with van der Waals surface area (Å²) >= 11 is 0. The molecule has 0 saturated carbocycles. The lowest BCUT2D eigenvalue weighted by molar-refractivity contribution is -0.147. The minimum atomic E-state index is -4.85. The highest BCUT2D eigenvalue weighted by Gasteiger charge is 2.34. The molecule has 188 valence electrons. The standard InChI is InChI=1S/C25H37F4NO3/c1-4-5-6-7-8-9-10-11-12-13-16-33-24(32)22(18(2)3)30-23(31)19-14-15-20(21(26)17-19)25(27,28)29/h14-15,17-18,22H,4-13,16H2,1-3H3,(H,30,31). The Kier molecular flexibility index (Phi) is 13.1. The molecule has 1 aromatic rings. The molecule has 0 bridgehead atoms. The van der Waals surface area contributed by atoms with E-state index in [-0.39, 0.29) is 18.1 Å². The second kappa shape index (κ2) is 14.9. The highest BCUT2D eigenvalue weighted by molar-refractivity contribution is 5.96. The van der Waals surface area contributed by atoms with Gasteiger partial charge in [0.1, 0.15) is 11.9 Å². The molecule has 0 saturated heterocycles. The van der Waals surface area contributed by atoms with Crippen LogP contribution in [0.2, 0.25) is 0 Å². The number of unbranched alkanes of at least 4 members (excludes halogenated alkanes) is 9. The van der Waals surface area contributed by atoms with Crippen molar-refractivity contribution in [2.75, 3.05) is 6.61 Å². The predicted octanol–water partition coefficient (Wildman–Crippen LogP) is 7.06. The van der Waals surface area contributed by atoms with E-state index >= 15 is 0 Å². The SMILES string of the molecule is CCCCCCCCCCCCOC(=O)C(NC(=O)c1ccc(C(F)(F)F)c(F)c1)C(C)C. The summed E-state index contributed by atoms with van der Waals surface area (Å²) in [6.45, 7) is 5.86. The fraction of sp³-hybridized carbons (Fsp3) is 0.680. The smallest absolute Gasteiger partial charge is 0.419 e. The van der Waals surface area contributed by atoms with Crippen molar-refractivity contribution in [3.8, 4) is 0 Å². The van der Waals surface area contributed by atoms with Crippen LogP contribution in [-0.2, 0) is 15.7 Å². The van der Waals surface area contributed by atoms with Crippen LogP contribution in [0.15, 0.2) is 18.2 Å². The monoisotopic (exact) mass is 475 g/mol. The Morgan fingerprint density at radius 3 is 1.97 bits per heavy atom. The van der Waals surface area contributed by atoms with Gasteiger partial charge in [-0.25, -0.2) is 9.18 Å². The van der Waals surface area contributed by atoms with Gasteiger partial charge in [0.2, 0.25) is 0 Å². The van der Waals surface area contributed by atoms with E-state index in [9.17, 15) is 27.2 Å². The molecule has 0 radical (unpaired) electrons. The van der Waals surface area contributed by atoms with Crippen molar-refractivity contribution in [1.82, 2.24) is 5.32 Å². The van der Waals surface area contributed by atoms with Crippen molar-refractivity contribution in [2.45, 2.75) is 97.2 Å². The quantitative estimate of drug-likeness (QED) is 0.168. The Bertz CT molecular complexity index is 735. The predicted molar refractivity (Wildman–Crippen MR) is 120 cm³/mol. The molecular formula is C25H37F4NO3. The van der Waals surface area contributed by atoms with E-state index in [0.29, 0.717) is 12.1 Å². The Balaban J connectivity index is 2.41. The zero-order valence-corrected chi connectivity index (χ0v) is 19.9. The molecule has 0 aliphatic heterocycles. The van der Waals surface area contributed by atoms with E-state index in [1.54, 1.807) is 13.8 Å². The normalized spacial score (nSPS) is 12.6. The Labute approximate surface area is 194 Å². The molecule has 0 aromatic heterocycles. The van der Waals surface area contributed by atoms with Crippen LogP contribution in [0.5, 0.6) is 0 Å². The molecule has 0 heterocycles. The van der Waals surface area contributed by atoms with E-state index in [4.69, 9.17) is 4.74 Å². The first kappa shape index (κ1) is 28.9. The van der Waals surface area contributed by atoms with Gasteiger partial charge in [-0.3, -0.25) is 4.79 Å². The van der Waals surface area contributed by atoms with Crippen molar-refractivity contribution in [3.05, 3.63) is 35.1 Å². The molecule has 0 aliphatic carbocycles. The summed E-state index contributed by atoms with van der Waals surface area (Å²) in [5, 5.41) is 2.45. The van der Waals surface area contributed by atoms with Gasteiger partial charge in [-0.15, -0.1) is 0 Å². The van der Waals surface area contributed by atoms with Crippen LogP contribution in [0.3, 0.4) is 0 Å². The summed E-state index contributed by atoms with van der Waals surface area (Å²) in [5.41, 5.74) is -1.75. The van der Waals surface area contributed by atoms with Crippen LogP contribution in [0.1, 0.15) is 101 Å². The molecule has 1 atom stereocenters. The van der Waals surface area contributed by atoms with Crippen molar-refractivity contribution in [2.24, 2.45) is 5.92 Å². The van der Waals surface area contributed by atoms with E-state index in [1.165, 1.54) is 38.5 Å². The molecular weight excluding hydrogens is 438 g/mol. The van der Waals surface area contributed by atoms with Gasteiger partial charge >= 0.3 is 12.1 Å². The fourth-order valence-corrected chi connectivity index (χ4v) is 3.46. The summed E-state index contributed by atoms with van der Waals surface area (Å²) in [4.78, 5) is 24.8. The van der Waals surface area contributed by atoms with Crippen molar-refractivity contribution < 1.29 is 31.9 Å². The lowest BCUT2D eigenvalue weighted by Gasteiger charge is -2.21. The maximum Gasteiger partial charge on any atom is 0.419 e. The van der Waals surface area contributed by atoms with Gasteiger partial charge in [0.15, 0.2) is 0 Å². The first-order chi connectivity index (χ1) is 15.6. The summed E-state index contributed by atoms with van der Waals surface area (Å²) in [7, 11) is 0. The molecule has 1 unspecified atom stereocenters. The number of carbonyl (C=O) groups is 2. The van der Waals surface area contributed by atoms with E-state index in [2.05, 4.69) is 12.2 Å². The third-order valence-electron chi connectivity index (χ3n) is 5.49. The van der Waals surface area contributed by atoms with Gasteiger partial charge in [-0.05, 0) is 30.5 Å². The zero-order valence-electron chi connectivity index (χ0n) is 19.9. The van der Waals surface area contributed by atoms with Gasteiger partial charge in [0, 0.05) is 5.56 Å². The van der Waals surface area contributed by atoms with E-state index in [0.717, 1.165) is 31.7 Å². The third-order valence-corrected chi connectivity index (χ3v) is 5.49. The third kappa shape index (κ3) is 11.0. The van der Waals surface area contributed by atoms with E-state index in [1.807, 2.05) is 0 Å². The van der Waals surface area contributed by atoms with E-state index < -0.39 is 35.5 Å². The second-order valence-electron chi connectivity index (χ2n) is 8.74. The minimum Gasteiger partial charge on any atom is -0.464 e. The molecule has 33 heavy (non-hydrogen) atoms. The molecule has 0 aliphatic rings. The van der Waals surface area contributed by atoms with Crippen molar-refractivity contribution in [3.63, 3.8) is 0 Å². The summed E-state index contributed by atoms with van der Waals surface area (Å²) < 4.78 is 57.1. The number of hydrogen-bond acceptors (Lipinski definition) is 3. The first-order valence-electron chi connectivity index (χ1n) is 11.9. The van der Waals surface area contributed by atoms with Gasteiger partial charge in [-0.2, -0.15) is 13.2 Å². The van der Waals surface area contributed by atoms with Crippen molar-refractivity contribution >= 4 is 11.9 Å². The summed E-state index contributed by atoms with van der Waals surface area (Å²) in [5.74, 6) is -3.30. The average molecular weight is 476 g/mol. The Hall–Kier alpha value is -2.12. The molecule has 1 N–H and O–H groups in total. The highest BCUT2D eigenvalue weighted by atomic mass is 19.4. The molecule has 4 nitrogen and oxygen atoms in total. The van der Waals surface area contributed by atoms with Crippen LogP contribution in [-0.4, -0.2) is 24.5 Å². The number of ether oxygens (including phenoxy) is 1. The molecule has 8 heteroatoms. The van der Waals surface area contributed by atoms with Crippen LogP contribution in [0, 0.1) is 11.7 Å². The molecule has 1 aromatic carbocycles. The molecule has 0 spiro atoms. The van der Waals surface area contributed by atoms with Crippen LogP contribution in [0.4, 0.5) is 17.6 Å². The number of alkyl halides is 3. The van der Waals surface area contributed by atoms with Crippen LogP contribution < -0.4 is 5.32 Å². The highest BCUT2D eigenvalue weighted by Crippen LogP contribution is 2.31. The fourth-order valence-electron chi connectivity index (χ4n) is 3.46. The van der Waals surface area contributed by atoms with Gasteiger partial charge < -0.3 is 10.1 Å². The topological polar surface area (TPSA) is 55.4 Å². The van der Waals surface area contributed by atoms with Gasteiger partial charge in [0.05, 0.1) is 12.2 Å². The van der Waals surface area contributed by atoms with Crippen molar-refractivity contribution in [1.29, 1.82) is 0 Å². The first-order valence-corrected chi connectivity index (χ1v) is 11.9. The second-order valence-corrected chi connectivity index (χ2v) is 8.74. The minimum absolute atomic E-state index is 0.239. The number of carbonyl (C=O) groups excluding carboxylic acids is 2. The average Bonchev–Trinajstić information content (AvgIpc) is 2.74. The summed E-state index contributed by atoms with van der Waals surface area (Å²) in [6, 6.07) is 0.933. The zero-order chi connectivity index (χ0) is 24.9. The van der Waals surface area contributed by atoms with Gasteiger partial charge in [-0.1, -0.05) is 78.6 Å². The van der Waals surface area contributed by atoms with Crippen LogP contribution >= 0.6 is 0 Å². The number of rotatable bonds is 15. The lowest BCUT2D eigenvalue weighted by Crippen LogP contribution is -2.45. The molecule has 0 fully saturated rings. The van der Waals surface area contributed by atoms with Crippen LogP contribution in [0.25, 0.3) is 0 Å². The number of esters is 1. The Morgan fingerprint density at radius 1 is 0.939 bits per heavy atom. The number of benzene rings is 1. The van der Waals surface area contributed by atoms with Gasteiger partial charge in [0.25, 0.3) is 5.91 Å². The lowest BCUT2D eigenvalue weighted by atomic mass is 10.0. The number of halogens is 4.